The van der Waals surface area contributed by atoms with Crippen molar-refractivity contribution >= 4 is 18.9 Å². The third kappa shape index (κ3) is 3.96. The summed E-state index contributed by atoms with van der Waals surface area (Å²) in [4.78, 5) is 34.6. The Bertz CT molecular complexity index is 738. The number of fused-ring (bicyclic) bond motifs is 1. The highest BCUT2D eigenvalue weighted by atomic mass is 31.2. The van der Waals surface area contributed by atoms with E-state index in [1.165, 1.54) is 4.57 Å². The Morgan fingerprint density at radius 1 is 1.52 bits per heavy atom. The fraction of sp³-hybridized carbons (Fsp3) is 0.400. The van der Waals surface area contributed by atoms with Crippen molar-refractivity contribution in [3.63, 3.8) is 0 Å². The highest BCUT2D eigenvalue weighted by Gasteiger charge is 2.18. The Kier molecular flexibility index (Phi) is 4.55. The molecular formula is C10H13FN3O6P. The molecule has 0 aromatic carbocycles. The molecule has 2 aromatic heterocycles. The molecule has 0 saturated heterocycles. The lowest BCUT2D eigenvalue weighted by Gasteiger charge is -2.12. The van der Waals surface area contributed by atoms with Gasteiger partial charge in [0.25, 0.3) is 5.56 Å². The summed E-state index contributed by atoms with van der Waals surface area (Å²) >= 11 is 0. The molecule has 21 heavy (non-hydrogen) atoms. The van der Waals surface area contributed by atoms with Crippen LogP contribution in [0, 0.1) is 5.82 Å². The van der Waals surface area contributed by atoms with Crippen LogP contribution in [0.4, 0.5) is 4.39 Å². The molecule has 1 unspecified atom stereocenters. The standard InChI is InChI=1S/C10H13FN3O6P/c11-7-3-14(9-8(7)10(16)13-5-12-9)2-1-6(15)4-20-21(17,18)19/h3,5-6,15H,1-2,4H2,(H,12,13,16)(H2,17,18,19). The van der Waals surface area contributed by atoms with Crippen LogP contribution in [0.15, 0.2) is 17.3 Å². The average molecular weight is 321 g/mol. The Balaban J connectivity index is 2.06. The van der Waals surface area contributed by atoms with Gasteiger partial charge in [-0.3, -0.25) is 9.32 Å². The number of aryl methyl sites for hydroxylation is 1. The highest BCUT2D eigenvalue weighted by molar-refractivity contribution is 7.46. The number of halogens is 1. The van der Waals surface area contributed by atoms with Gasteiger partial charge in [0.2, 0.25) is 0 Å². The van der Waals surface area contributed by atoms with Crippen LogP contribution in [0.1, 0.15) is 6.42 Å². The minimum absolute atomic E-state index is 0.0394. The summed E-state index contributed by atoms with van der Waals surface area (Å²) in [5.74, 6) is -0.736. The maximum absolute atomic E-state index is 13.6. The summed E-state index contributed by atoms with van der Waals surface area (Å²) < 4.78 is 29.6. The minimum atomic E-state index is -4.64. The van der Waals surface area contributed by atoms with Crippen molar-refractivity contribution in [3.05, 3.63) is 28.7 Å². The minimum Gasteiger partial charge on any atom is -0.391 e. The van der Waals surface area contributed by atoms with E-state index < -0.39 is 31.9 Å². The van der Waals surface area contributed by atoms with Crippen LogP contribution in [0.2, 0.25) is 0 Å². The highest BCUT2D eigenvalue weighted by Crippen LogP contribution is 2.35. The van der Waals surface area contributed by atoms with Crippen molar-refractivity contribution in [2.75, 3.05) is 6.61 Å². The molecular weight excluding hydrogens is 308 g/mol. The quantitative estimate of drug-likeness (QED) is 0.537. The van der Waals surface area contributed by atoms with Crippen molar-refractivity contribution in [2.45, 2.75) is 19.1 Å². The molecule has 9 nitrogen and oxygen atoms in total. The largest absolute Gasteiger partial charge is 0.469 e. The molecule has 0 radical (unpaired) electrons. The molecule has 116 valence electrons. The Hall–Kier alpha value is -1.58. The van der Waals surface area contributed by atoms with Gasteiger partial charge in [-0.05, 0) is 6.42 Å². The summed E-state index contributed by atoms with van der Waals surface area (Å²) in [6.07, 6.45) is 1.09. The van der Waals surface area contributed by atoms with Crippen molar-refractivity contribution in [3.8, 4) is 0 Å². The molecule has 0 bridgehead atoms. The number of rotatable bonds is 6. The van der Waals surface area contributed by atoms with Gasteiger partial charge in [0.1, 0.15) is 11.0 Å². The molecule has 11 heteroatoms. The first-order valence-corrected chi connectivity index (χ1v) is 7.41. The van der Waals surface area contributed by atoms with E-state index in [4.69, 9.17) is 9.79 Å². The van der Waals surface area contributed by atoms with Crippen LogP contribution in [0.3, 0.4) is 0 Å². The second kappa shape index (κ2) is 6.04. The number of aliphatic hydroxyl groups is 1. The molecule has 2 rings (SSSR count). The van der Waals surface area contributed by atoms with E-state index in [0.717, 1.165) is 12.5 Å². The van der Waals surface area contributed by atoms with Gasteiger partial charge in [-0.1, -0.05) is 0 Å². The number of hydrogen-bond acceptors (Lipinski definition) is 5. The number of phosphoric acid groups is 1. The van der Waals surface area contributed by atoms with E-state index in [2.05, 4.69) is 14.5 Å². The van der Waals surface area contributed by atoms with Gasteiger partial charge in [-0.25, -0.2) is 13.9 Å². The van der Waals surface area contributed by atoms with Crippen molar-refractivity contribution in [1.82, 2.24) is 14.5 Å². The molecule has 1 atom stereocenters. The fourth-order valence-electron chi connectivity index (χ4n) is 1.81. The van der Waals surface area contributed by atoms with Crippen LogP contribution < -0.4 is 5.56 Å². The van der Waals surface area contributed by atoms with Crippen LogP contribution in [0.25, 0.3) is 11.0 Å². The lowest BCUT2D eigenvalue weighted by atomic mass is 10.3. The topological polar surface area (TPSA) is 138 Å². The lowest BCUT2D eigenvalue weighted by Crippen LogP contribution is -2.17. The molecule has 0 aliphatic rings. The SMILES string of the molecule is O=c1[nH]cnc2c1c(F)cn2CCC(O)COP(=O)(O)O. The van der Waals surface area contributed by atoms with Gasteiger partial charge in [0, 0.05) is 12.7 Å². The second-order valence-corrected chi connectivity index (χ2v) is 5.57. The normalized spacial score (nSPS) is 13.7. The van der Waals surface area contributed by atoms with Crippen molar-refractivity contribution in [2.24, 2.45) is 0 Å². The monoisotopic (exact) mass is 321 g/mol. The zero-order valence-electron chi connectivity index (χ0n) is 10.6. The van der Waals surface area contributed by atoms with E-state index in [0.29, 0.717) is 0 Å². The molecule has 2 heterocycles. The van der Waals surface area contributed by atoms with Crippen LogP contribution in [-0.2, 0) is 15.6 Å². The van der Waals surface area contributed by atoms with E-state index in [9.17, 15) is 18.9 Å². The summed E-state index contributed by atoms with van der Waals surface area (Å²) in [6, 6.07) is 0. The number of nitrogens with one attached hydrogen (secondary N) is 1. The molecule has 0 saturated carbocycles. The van der Waals surface area contributed by atoms with E-state index in [-0.39, 0.29) is 24.0 Å². The predicted octanol–water partition coefficient (Wildman–Crippen LogP) is -0.276. The molecule has 0 spiro atoms. The zero-order valence-corrected chi connectivity index (χ0v) is 11.5. The number of H-pyrrole nitrogens is 1. The zero-order chi connectivity index (χ0) is 15.6. The number of aromatic nitrogens is 3. The summed E-state index contributed by atoms with van der Waals surface area (Å²) in [5.41, 5.74) is -0.485. The summed E-state index contributed by atoms with van der Waals surface area (Å²) in [5, 5.41) is 9.36. The number of aromatic amines is 1. The third-order valence-corrected chi connectivity index (χ3v) is 3.24. The molecule has 0 amide bonds. The summed E-state index contributed by atoms with van der Waals surface area (Å²) in [6.45, 7) is -0.456. The number of aliphatic hydroxyl groups excluding tert-OH is 1. The second-order valence-electron chi connectivity index (χ2n) is 4.33. The lowest BCUT2D eigenvalue weighted by molar-refractivity contribution is 0.0764. The number of hydrogen-bond donors (Lipinski definition) is 4. The molecule has 2 aromatic rings. The first kappa shape index (κ1) is 15.8. The van der Waals surface area contributed by atoms with E-state index in [1.54, 1.807) is 0 Å². The Labute approximate surface area is 117 Å². The van der Waals surface area contributed by atoms with Gasteiger partial charge < -0.3 is 24.4 Å². The fourth-order valence-corrected chi connectivity index (χ4v) is 2.18. The van der Waals surface area contributed by atoms with Gasteiger partial charge in [0.05, 0.1) is 19.0 Å². The van der Waals surface area contributed by atoms with Crippen molar-refractivity contribution < 1.29 is 28.4 Å². The van der Waals surface area contributed by atoms with Gasteiger partial charge in [0.15, 0.2) is 5.82 Å². The Morgan fingerprint density at radius 2 is 2.24 bits per heavy atom. The Morgan fingerprint density at radius 3 is 2.90 bits per heavy atom. The molecule has 4 N–H and O–H groups in total. The first-order chi connectivity index (χ1) is 9.78. The summed E-state index contributed by atoms with van der Waals surface area (Å²) in [7, 11) is -4.64. The number of nitrogens with zero attached hydrogens (tertiary/aromatic N) is 2. The van der Waals surface area contributed by atoms with Gasteiger partial charge >= 0.3 is 7.82 Å². The number of phosphoric ester groups is 1. The molecule has 0 aliphatic heterocycles. The van der Waals surface area contributed by atoms with Crippen LogP contribution >= 0.6 is 7.82 Å². The van der Waals surface area contributed by atoms with Crippen LogP contribution in [-0.4, -0.2) is 42.1 Å². The van der Waals surface area contributed by atoms with Gasteiger partial charge in [-0.15, -0.1) is 0 Å². The third-order valence-electron chi connectivity index (χ3n) is 2.75. The maximum Gasteiger partial charge on any atom is 0.469 e. The molecule has 0 fully saturated rings. The average Bonchev–Trinajstić information content (AvgIpc) is 2.71. The van der Waals surface area contributed by atoms with Gasteiger partial charge in [-0.2, -0.15) is 0 Å². The van der Waals surface area contributed by atoms with Crippen molar-refractivity contribution in [1.29, 1.82) is 0 Å². The van der Waals surface area contributed by atoms with E-state index >= 15 is 0 Å². The maximum atomic E-state index is 13.6. The van der Waals surface area contributed by atoms with E-state index in [1.807, 2.05) is 0 Å². The predicted molar refractivity (Wildman–Crippen MR) is 68.9 cm³/mol. The smallest absolute Gasteiger partial charge is 0.391 e. The van der Waals surface area contributed by atoms with Crippen LogP contribution in [0.5, 0.6) is 0 Å². The first-order valence-electron chi connectivity index (χ1n) is 5.88. The molecule has 0 aliphatic carbocycles.